The van der Waals surface area contributed by atoms with E-state index in [1.54, 1.807) is 18.2 Å². The highest BCUT2D eigenvalue weighted by Gasteiger charge is 2.22. The summed E-state index contributed by atoms with van der Waals surface area (Å²) in [5.74, 6) is -2.13. The van der Waals surface area contributed by atoms with E-state index in [2.05, 4.69) is 32.0 Å². The van der Waals surface area contributed by atoms with Crippen molar-refractivity contribution in [1.29, 1.82) is 0 Å². The Morgan fingerprint density at radius 1 is 0.722 bits per heavy atom. The fourth-order valence-corrected chi connectivity index (χ4v) is 4.74. The molecule has 3 amide bonds. The maximum Gasteiger partial charge on any atom is 0.328 e. The van der Waals surface area contributed by atoms with E-state index in [1.807, 2.05) is 71.0 Å². The molecule has 7 nitrogen and oxygen atoms in total. The van der Waals surface area contributed by atoms with Gasteiger partial charge in [0.15, 0.2) is 0 Å². The summed E-state index contributed by atoms with van der Waals surface area (Å²) < 4.78 is 2.17. The van der Waals surface area contributed by atoms with Crippen LogP contribution in [0, 0.1) is 34.6 Å². The van der Waals surface area contributed by atoms with Gasteiger partial charge in [0.25, 0.3) is 5.91 Å². The Bertz CT molecular complexity index is 1490. The van der Waals surface area contributed by atoms with Gasteiger partial charge in [-0.15, -0.1) is 0 Å². The molecule has 3 N–H and O–H groups in total. The molecule has 0 aliphatic heterocycles. The lowest BCUT2D eigenvalue weighted by Gasteiger charge is -2.16. The topological polar surface area (TPSA) is 92.2 Å². The number of halogens is 1. The molecule has 0 saturated carbocycles. The summed E-state index contributed by atoms with van der Waals surface area (Å²) in [6.45, 7) is 9.55. The van der Waals surface area contributed by atoms with Crippen LogP contribution in [0.25, 0.3) is 10.9 Å². The van der Waals surface area contributed by atoms with E-state index in [0.717, 1.165) is 37.7 Å². The minimum Gasteiger partial charge on any atom is -0.320 e. The average Bonchev–Trinajstić information content (AvgIpc) is 3.15. The van der Waals surface area contributed by atoms with Gasteiger partial charge in [-0.25, -0.2) is 4.68 Å². The largest absolute Gasteiger partial charge is 0.328 e. The number of aromatic nitrogens is 1. The number of benzene rings is 3. The zero-order chi connectivity index (χ0) is 26.1. The minimum absolute atomic E-state index is 0.189. The first-order valence-electron chi connectivity index (χ1n) is 11.4. The first-order chi connectivity index (χ1) is 17.0. The van der Waals surface area contributed by atoms with Gasteiger partial charge in [-0.2, -0.15) is 0 Å². The number of nitrogens with zero attached hydrogens (tertiary/aromatic N) is 1. The van der Waals surface area contributed by atoms with Crippen LogP contribution in [-0.2, 0) is 9.59 Å². The smallest absolute Gasteiger partial charge is 0.320 e. The second-order valence-corrected chi connectivity index (χ2v) is 9.87. The molecule has 0 saturated heterocycles. The van der Waals surface area contributed by atoms with Crippen LogP contribution in [0.4, 0.5) is 11.4 Å². The van der Waals surface area contributed by atoms with E-state index in [1.165, 1.54) is 4.68 Å². The Morgan fingerprint density at radius 3 is 1.97 bits per heavy atom. The Morgan fingerprint density at radius 2 is 1.33 bits per heavy atom. The predicted octanol–water partition coefficient (Wildman–Crippen LogP) is 5.91. The Hall–Kier alpha value is -3.91. The second-order valence-electron chi connectivity index (χ2n) is 8.96. The molecular weight excluding hydrogens is 520 g/mol. The van der Waals surface area contributed by atoms with Gasteiger partial charge in [-0.1, -0.05) is 51.8 Å². The van der Waals surface area contributed by atoms with Crippen molar-refractivity contribution < 1.29 is 14.4 Å². The highest BCUT2D eigenvalue weighted by atomic mass is 79.9. The van der Waals surface area contributed by atoms with Crippen LogP contribution in [-0.4, -0.2) is 22.4 Å². The molecule has 0 aliphatic rings. The normalized spacial score (nSPS) is 10.8. The molecule has 0 aliphatic carbocycles. The van der Waals surface area contributed by atoms with Crippen LogP contribution in [0.1, 0.15) is 38.3 Å². The van der Waals surface area contributed by atoms with Crippen molar-refractivity contribution in [2.45, 2.75) is 34.6 Å². The Labute approximate surface area is 218 Å². The number of hydrogen-bond acceptors (Lipinski definition) is 3. The number of hydrogen-bond donors (Lipinski definition) is 3. The third kappa shape index (κ3) is 5.04. The highest BCUT2D eigenvalue weighted by Crippen LogP contribution is 2.26. The lowest BCUT2D eigenvalue weighted by Crippen LogP contribution is -2.36. The number of fused-ring (bicyclic) bond motifs is 1. The molecule has 8 heteroatoms. The zero-order valence-electron chi connectivity index (χ0n) is 20.7. The van der Waals surface area contributed by atoms with Gasteiger partial charge in [0.2, 0.25) is 0 Å². The van der Waals surface area contributed by atoms with Crippen molar-refractivity contribution in [3.05, 3.63) is 92.6 Å². The van der Waals surface area contributed by atoms with E-state index in [-0.39, 0.29) is 5.69 Å². The SMILES string of the molecule is Cc1cc(C)c(NC(=O)C(=O)Nn2c(C(=O)Nc3c(C)cccc3C)cc3cc(Br)ccc32)c(C)c1. The van der Waals surface area contributed by atoms with Crippen LogP contribution in [0.5, 0.6) is 0 Å². The van der Waals surface area contributed by atoms with Gasteiger partial charge >= 0.3 is 11.8 Å². The van der Waals surface area contributed by atoms with Crippen LogP contribution in [0.2, 0.25) is 0 Å². The van der Waals surface area contributed by atoms with Crippen LogP contribution in [0.3, 0.4) is 0 Å². The number of carbonyl (C=O) groups is 3. The fourth-order valence-electron chi connectivity index (χ4n) is 4.36. The molecule has 4 aromatic rings. The monoisotopic (exact) mass is 546 g/mol. The van der Waals surface area contributed by atoms with Gasteiger partial charge in [0.05, 0.1) is 5.52 Å². The van der Waals surface area contributed by atoms with Crippen molar-refractivity contribution in [3.8, 4) is 0 Å². The zero-order valence-corrected chi connectivity index (χ0v) is 22.3. The maximum atomic E-state index is 13.4. The highest BCUT2D eigenvalue weighted by molar-refractivity contribution is 9.10. The van der Waals surface area contributed by atoms with E-state index in [4.69, 9.17) is 0 Å². The second kappa shape index (κ2) is 9.99. The molecule has 0 spiro atoms. The predicted molar refractivity (Wildman–Crippen MR) is 147 cm³/mol. The van der Waals surface area contributed by atoms with Gasteiger partial charge in [-0.05, 0) is 81.1 Å². The first kappa shape index (κ1) is 25.2. The fraction of sp³-hybridized carbons (Fsp3) is 0.179. The lowest BCUT2D eigenvalue weighted by atomic mass is 10.1. The maximum absolute atomic E-state index is 13.4. The molecule has 0 bridgehead atoms. The van der Waals surface area contributed by atoms with Crippen LogP contribution < -0.4 is 16.1 Å². The summed E-state index contributed by atoms with van der Waals surface area (Å²) in [7, 11) is 0. The molecule has 0 fully saturated rings. The van der Waals surface area contributed by atoms with Crippen molar-refractivity contribution in [2.24, 2.45) is 0 Å². The van der Waals surface area contributed by atoms with Crippen molar-refractivity contribution in [1.82, 2.24) is 4.68 Å². The Balaban J connectivity index is 1.66. The van der Waals surface area contributed by atoms with Crippen molar-refractivity contribution in [3.63, 3.8) is 0 Å². The number of rotatable bonds is 4. The lowest BCUT2D eigenvalue weighted by molar-refractivity contribution is -0.133. The number of para-hydroxylation sites is 1. The third-order valence-corrected chi connectivity index (χ3v) is 6.54. The number of carbonyl (C=O) groups excluding carboxylic acids is 3. The van der Waals surface area contributed by atoms with Crippen molar-refractivity contribution >= 4 is 55.9 Å². The van der Waals surface area contributed by atoms with Gasteiger partial charge in [0.1, 0.15) is 5.69 Å². The van der Waals surface area contributed by atoms with Crippen LogP contribution in [0.15, 0.2) is 59.1 Å². The Kier molecular flexibility index (Phi) is 6.99. The summed E-state index contributed by atoms with van der Waals surface area (Å²) in [6.07, 6.45) is 0. The minimum atomic E-state index is -0.893. The molecule has 36 heavy (non-hydrogen) atoms. The van der Waals surface area contributed by atoms with Crippen molar-refractivity contribution in [2.75, 3.05) is 16.1 Å². The van der Waals surface area contributed by atoms with Gasteiger partial charge < -0.3 is 10.6 Å². The number of amides is 3. The van der Waals surface area contributed by atoms with E-state index in [0.29, 0.717) is 16.9 Å². The van der Waals surface area contributed by atoms with Crippen LogP contribution >= 0.6 is 15.9 Å². The molecule has 0 atom stereocenters. The van der Waals surface area contributed by atoms with E-state index >= 15 is 0 Å². The summed E-state index contributed by atoms with van der Waals surface area (Å²) in [4.78, 5) is 39.2. The molecular formula is C28H27BrN4O3. The first-order valence-corrected chi connectivity index (χ1v) is 12.2. The summed E-state index contributed by atoms with van der Waals surface area (Å²) in [5, 5.41) is 6.38. The molecule has 0 unspecified atom stereocenters. The standard InChI is InChI=1S/C28H27BrN4O3/c1-15-11-18(4)25(19(5)12-15)31-27(35)28(36)32-33-22-10-9-21(29)13-20(22)14-23(33)26(34)30-24-16(2)7-6-8-17(24)3/h6-14H,1-5H3,(H,30,34)(H,31,35)(H,32,36). The molecule has 1 aromatic heterocycles. The van der Waals surface area contributed by atoms with Gasteiger partial charge in [0, 0.05) is 21.2 Å². The summed E-state index contributed by atoms with van der Waals surface area (Å²) >= 11 is 3.44. The summed E-state index contributed by atoms with van der Waals surface area (Å²) in [5.41, 5.74) is 9.29. The average molecular weight is 547 g/mol. The summed E-state index contributed by atoms with van der Waals surface area (Å²) in [6, 6.07) is 16.7. The number of aryl methyl sites for hydroxylation is 5. The van der Waals surface area contributed by atoms with E-state index < -0.39 is 17.7 Å². The molecule has 1 heterocycles. The van der Waals surface area contributed by atoms with E-state index in [9.17, 15) is 14.4 Å². The number of anilines is 2. The molecule has 4 rings (SSSR count). The number of nitrogens with one attached hydrogen (secondary N) is 3. The molecule has 184 valence electrons. The quantitative estimate of drug-likeness (QED) is 0.278. The molecule has 3 aromatic carbocycles. The van der Waals surface area contributed by atoms with Gasteiger partial charge in [-0.3, -0.25) is 19.8 Å². The molecule has 0 radical (unpaired) electrons. The third-order valence-electron chi connectivity index (χ3n) is 6.05.